The molecule has 0 radical (unpaired) electrons. The van der Waals surface area contributed by atoms with Crippen LogP contribution in [0.25, 0.3) is 0 Å². The molecule has 3 aromatic rings. The number of rotatable bonds is 4. The van der Waals surface area contributed by atoms with Gasteiger partial charge < -0.3 is 5.32 Å². The largest absolute Gasteiger partial charge is 0.321 e. The molecule has 0 bridgehead atoms. The highest BCUT2D eigenvalue weighted by molar-refractivity contribution is 7.14. The van der Waals surface area contributed by atoms with Gasteiger partial charge in [0, 0.05) is 16.6 Å². The van der Waals surface area contributed by atoms with Crippen molar-refractivity contribution in [2.24, 2.45) is 0 Å². The zero-order valence-corrected chi connectivity index (χ0v) is 14.2. The molecule has 2 amide bonds. The first kappa shape index (κ1) is 17.1. The number of carbonyl (C=O) groups is 2. The Balaban J connectivity index is 1.67. The van der Waals surface area contributed by atoms with E-state index in [0.717, 1.165) is 17.4 Å². The molecule has 5 nitrogen and oxygen atoms in total. The summed E-state index contributed by atoms with van der Waals surface area (Å²) >= 11 is 6.80. The normalized spacial score (nSPS) is 10.3. The van der Waals surface area contributed by atoms with E-state index >= 15 is 0 Å². The van der Waals surface area contributed by atoms with Gasteiger partial charge >= 0.3 is 0 Å². The Labute approximate surface area is 151 Å². The first-order valence-electron chi connectivity index (χ1n) is 7.11. The Morgan fingerprint density at radius 2 is 1.80 bits per heavy atom. The van der Waals surface area contributed by atoms with Crippen molar-refractivity contribution in [1.29, 1.82) is 0 Å². The third-order valence-electron chi connectivity index (χ3n) is 3.17. The predicted molar refractivity (Wildman–Crippen MR) is 95.9 cm³/mol. The highest BCUT2D eigenvalue weighted by Gasteiger charge is 2.14. The predicted octanol–water partition coefficient (Wildman–Crippen LogP) is 4.44. The van der Waals surface area contributed by atoms with Crippen LogP contribution in [0.4, 0.5) is 15.2 Å². The molecule has 25 heavy (non-hydrogen) atoms. The van der Waals surface area contributed by atoms with E-state index in [0.29, 0.717) is 16.4 Å². The lowest BCUT2D eigenvalue weighted by atomic mass is 10.2. The van der Waals surface area contributed by atoms with Gasteiger partial charge in [0.15, 0.2) is 5.13 Å². The third kappa shape index (κ3) is 4.20. The van der Waals surface area contributed by atoms with Crippen molar-refractivity contribution >= 4 is 45.6 Å². The molecule has 8 heteroatoms. The van der Waals surface area contributed by atoms with Gasteiger partial charge in [-0.15, -0.1) is 11.3 Å². The molecule has 2 N–H and O–H groups in total. The molecule has 0 aliphatic rings. The molecule has 3 rings (SSSR count). The topological polar surface area (TPSA) is 71.1 Å². The first-order valence-corrected chi connectivity index (χ1v) is 8.37. The van der Waals surface area contributed by atoms with Crippen LogP contribution in [0.2, 0.25) is 5.02 Å². The summed E-state index contributed by atoms with van der Waals surface area (Å²) in [7, 11) is 0. The standard InChI is InChI=1S/C17H11ClFN3O2S/c18-12-8-11(6-7-13(12)19)20-16(24)14-9-25-17(21-14)22-15(23)10-4-2-1-3-5-10/h1-9H,(H,20,24)(H,21,22,23). The quantitative estimate of drug-likeness (QED) is 0.708. The number of amides is 2. The number of anilines is 2. The second kappa shape index (κ2) is 7.42. The Kier molecular flexibility index (Phi) is 5.06. The maximum Gasteiger partial charge on any atom is 0.275 e. The molecule has 0 aliphatic heterocycles. The lowest BCUT2D eigenvalue weighted by molar-refractivity contribution is 0.101. The Hall–Kier alpha value is -2.77. The summed E-state index contributed by atoms with van der Waals surface area (Å²) < 4.78 is 13.1. The summed E-state index contributed by atoms with van der Waals surface area (Å²) in [5.74, 6) is -1.37. The van der Waals surface area contributed by atoms with Crippen molar-refractivity contribution in [3.63, 3.8) is 0 Å². The Bertz CT molecular complexity index is 931. The van der Waals surface area contributed by atoms with Crippen molar-refractivity contribution in [2.75, 3.05) is 10.6 Å². The van der Waals surface area contributed by atoms with Gasteiger partial charge in [-0.25, -0.2) is 9.37 Å². The number of thiazole rings is 1. The van der Waals surface area contributed by atoms with Crippen molar-refractivity contribution in [3.8, 4) is 0 Å². The molecule has 0 atom stereocenters. The van der Waals surface area contributed by atoms with Crippen molar-refractivity contribution in [1.82, 2.24) is 4.98 Å². The minimum absolute atomic E-state index is 0.0908. The van der Waals surface area contributed by atoms with Gasteiger partial charge in [0.05, 0.1) is 5.02 Å². The lowest BCUT2D eigenvalue weighted by Crippen LogP contribution is -2.14. The van der Waals surface area contributed by atoms with Crippen LogP contribution in [0.15, 0.2) is 53.9 Å². The van der Waals surface area contributed by atoms with E-state index in [4.69, 9.17) is 11.6 Å². The number of aromatic nitrogens is 1. The van der Waals surface area contributed by atoms with Crippen LogP contribution in [-0.4, -0.2) is 16.8 Å². The van der Waals surface area contributed by atoms with Gasteiger partial charge in [-0.05, 0) is 30.3 Å². The van der Waals surface area contributed by atoms with E-state index in [1.54, 1.807) is 24.3 Å². The highest BCUT2D eigenvalue weighted by atomic mass is 35.5. The monoisotopic (exact) mass is 375 g/mol. The van der Waals surface area contributed by atoms with Gasteiger partial charge in [0.1, 0.15) is 11.5 Å². The van der Waals surface area contributed by atoms with Gasteiger partial charge in [0.2, 0.25) is 0 Å². The number of nitrogens with one attached hydrogen (secondary N) is 2. The van der Waals surface area contributed by atoms with Gasteiger partial charge in [-0.2, -0.15) is 0 Å². The minimum atomic E-state index is -0.570. The molecule has 126 valence electrons. The van der Waals surface area contributed by atoms with E-state index in [1.807, 2.05) is 6.07 Å². The lowest BCUT2D eigenvalue weighted by Gasteiger charge is -2.04. The fraction of sp³-hybridized carbons (Fsp3) is 0. The number of hydrogen-bond acceptors (Lipinski definition) is 4. The van der Waals surface area contributed by atoms with Crippen molar-refractivity contribution in [3.05, 3.63) is 76.0 Å². The molecule has 0 saturated carbocycles. The molecule has 1 heterocycles. The Morgan fingerprint density at radius 1 is 1.04 bits per heavy atom. The number of benzene rings is 2. The van der Waals surface area contributed by atoms with E-state index in [-0.39, 0.29) is 16.6 Å². The van der Waals surface area contributed by atoms with Crippen LogP contribution < -0.4 is 10.6 Å². The minimum Gasteiger partial charge on any atom is -0.321 e. The molecule has 0 spiro atoms. The molecular weight excluding hydrogens is 365 g/mol. The number of nitrogens with zero attached hydrogens (tertiary/aromatic N) is 1. The smallest absolute Gasteiger partial charge is 0.275 e. The average molecular weight is 376 g/mol. The summed E-state index contributed by atoms with van der Waals surface area (Å²) in [6.07, 6.45) is 0. The summed E-state index contributed by atoms with van der Waals surface area (Å²) in [4.78, 5) is 28.3. The molecule has 1 aromatic heterocycles. The fourth-order valence-electron chi connectivity index (χ4n) is 1.96. The van der Waals surface area contributed by atoms with E-state index in [2.05, 4.69) is 15.6 Å². The zero-order chi connectivity index (χ0) is 17.8. The summed E-state index contributed by atoms with van der Waals surface area (Å²) in [6.45, 7) is 0. The second-order valence-corrected chi connectivity index (χ2v) is 6.21. The summed E-state index contributed by atoms with van der Waals surface area (Å²) in [6, 6.07) is 12.5. The molecule has 0 aliphatic carbocycles. The van der Waals surface area contributed by atoms with Crippen molar-refractivity contribution < 1.29 is 14.0 Å². The third-order valence-corrected chi connectivity index (χ3v) is 4.22. The summed E-state index contributed by atoms with van der Waals surface area (Å²) in [5.41, 5.74) is 0.970. The maximum absolute atomic E-state index is 13.1. The molecular formula is C17H11ClFN3O2S. The molecule has 2 aromatic carbocycles. The van der Waals surface area contributed by atoms with E-state index in [9.17, 15) is 14.0 Å². The highest BCUT2D eigenvalue weighted by Crippen LogP contribution is 2.21. The second-order valence-electron chi connectivity index (χ2n) is 4.94. The van der Waals surface area contributed by atoms with Crippen LogP contribution in [-0.2, 0) is 0 Å². The molecule has 0 saturated heterocycles. The van der Waals surface area contributed by atoms with Crippen LogP contribution >= 0.6 is 22.9 Å². The van der Waals surface area contributed by atoms with Crippen LogP contribution in [0.3, 0.4) is 0 Å². The van der Waals surface area contributed by atoms with Crippen LogP contribution in [0.1, 0.15) is 20.8 Å². The van der Waals surface area contributed by atoms with E-state index < -0.39 is 11.7 Å². The number of hydrogen-bond donors (Lipinski definition) is 2. The average Bonchev–Trinajstić information content (AvgIpc) is 3.07. The van der Waals surface area contributed by atoms with Crippen LogP contribution in [0.5, 0.6) is 0 Å². The maximum atomic E-state index is 13.1. The molecule has 0 unspecified atom stereocenters. The van der Waals surface area contributed by atoms with Crippen molar-refractivity contribution in [2.45, 2.75) is 0 Å². The first-order chi connectivity index (χ1) is 12.0. The SMILES string of the molecule is O=C(Nc1nc(C(=O)Nc2ccc(F)c(Cl)c2)cs1)c1ccccc1. The Morgan fingerprint density at radius 3 is 2.52 bits per heavy atom. The fourth-order valence-corrected chi connectivity index (χ4v) is 2.83. The van der Waals surface area contributed by atoms with E-state index in [1.165, 1.54) is 17.5 Å². The summed E-state index contributed by atoms with van der Waals surface area (Å²) in [5, 5.41) is 6.92. The van der Waals surface area contributed by atoms with Crippen LogP contribution in [0, 0.1) is 5.82 Å². The van der Waals surface area contributed by atoms with Gasteiger partial charge in [-0.3, -0.25) is 14.9 Å². The number of carbonyl (C=O) groups excluding carboxylic acids is 2. The zero-order valence-electron chi connectivity index (χ0n) is 12.6. The van der Waals surface area contributed by atoms with Gasteiger partial charge in [0.25, 0.3) is 11.8 Å². The van der Waals surface area contributed by atoms with Gasteiger partial charge in [-0.1, -0.05) is 29.8 Å². The number of halogens is 2. The molecule has 0 fully saturated rings.